The minimum atomic E-state index is -0.753. The number of carbonyl (C=O) groups excluding carboxylic acids is 4. The summed E-state index contributed by atoms with van der Waals surface area (Å²) in [7, 11) is 0. The summed E-state index contributed by atoms with van der Waals surface area (Å²) >= 11 is 0. The second kappa shape index (κ2) is 13.2. The van der Waals surface area contributed by atoms with Crippen molar-refractivity contribution in [1.29, 1.82) is 0 Å². The monoisotopic (exact) mass is 488 g/mol. The fourth-order valence-corrected chi connectivity index (χ4v) is 4.08. The van der Waals surface area contributed by atoms with Crippen LogP contribution in [0.15, 0.2) is 24.3 Å². The fourth-order valence-electron chi connectivity index (χ4n) is 4.08. The third-order valence-corrected chi connectivity index (χ3v) is 5.95. The maximum Gasteiger partial charge on any atom is 0.305 e. The summed E-state index contributed by atoms with van der Waals surface area (Å²) in [6.45, 7) is 11.9. The molecular formula is C26H40N4O5. The second-order valence-corrected chi connectivity index (χ2v) is 9.66. The summed E-state index contributed by atoms with van der Waals surface area (Å²) < 4.78 is 5.11. The van der Waals surface area contributed by atoms with Crippen molar-refractivity contribution in [2.24, 2.45) is 5.92 Å². The number of rotatable bonds is 11. The lowest BCUT2D eigenvalue weighted by molar-refractivity contribution is -0.144. The molecule has 0 aromatic heterocycles. The van der Waals surface area contributed by atoms with Gasteiger partial charge in [0.1, 0.15) is 18.7 Å². The molecule has 0 saturated carbocycles. The maximum absolute atomic E-state index is 13.1. The number of likely N-dealkylation sites (tertiary alicyclic amines) is 1. The van der Waals surface area contributed by atoms with Crippen LogP contribution < -0.4 is 16.0 Å². The molecule has 35 heavy (non-hydrogen) atoms. The minimum Gasteiger partial charge on any atom is -0.461 e. The van der Waals surface area contributed by atoms with Gasteiger partial charge in [-0.15, -0.1) is 0 Å². The van der Waals surface area contributed by atoms with Crippen molar-refractivity contribution in [2.75, 3.05) is 11.9 Å². The summed E-state index contributed by atoms with van der Waals surface area (Å²) in [5, 5.41) is 8.91. The predicted octanol–water partition coefficient (Wildman–Crippen LogP) is 2.60. The molecule has 3 N–H and O–H groups in total. The zero-order valence-corrected chi connectivity index (χ0v) is 21.7. The van der Waals surface area contributed by atoms with Crippen LogP contribution in [0.3, 0.4) is 0 Å². The second-order valence-electron chi connectivity index (χ2n) is 9.66. The van der Waals surface area contributed by atoms with Crippen molar-refractivity contribution in [3.8, 4) is 0 Å². The topological polar surface area (TPSA) is 117 Å². The first-order chi connectivity index (χ1) is 16.5. The number of benzene rings is 1. The van der Waals surface area contributed by atoms with E-state index in [1.54, 1.807) is 43.0 Å². The summed E-state index contributed by atoms with van der Waals surface area (Å²) in [6.07, 6.45) is 1.64. The number of hydrogen-bond acceptors (Lipinski definition) is 6. The molecule has 1 saturated heterocycles. The van der Waals surface area contributed by atoms with Crippen LogP contribution in [0, 0.1) is 5.92 Å². The summed E-state index contributed by atoms with van der Waals surface area (Å²) in [5.74, 6) is -1.17. The van der Waals surface area contributed by atoms with E-state index in [0.29, 0.717) is 25.1 Å². The van der Waals surface area contributed by atoms with Crippen LogP contribution >= 0.6 is 0 Å². The number of hydrogen-bond donors (Lipinski definition) is 3. The highest BCUT2D eigenvalue weighted by Crippen LogP contribution is 2.20. The zero-order valence-electron chi connectivity index (χ0n) is 21.7. The highest BCUT2D eigenvalue weighted by molar-refractivity contribution is 5.99. The maximum atomic E-state index is 13.1. The molecule has 1 aliphatic heterocycles. The third kappa shape index (κ3) is 8.35. The van der Waals surface area contributed by atoms with Gasteiger partial charge in [0.05, 0.1) is 6.04 Å². The van der Waals surface area contributed by atoms with Gasteiger partial charge in [-0.25, -0.2) is 0 Å². The normalized spacial score (nSPS) is 17.3. The van der Waals surface area contributed by atoms with Gasteiger partial charge in [-0.1, -0.05) is 46.8 Å². The van der Waals surface area contributed by atoms with Crippen LogP contribution in [-0.4, -0.2) is 59.3 Å². The van der Waals surface area contributed by atoms with Crippen molar-refractivity contribution >= 4 is 29.4 Å². The average molecular weight is 489 g/mol. The van der Waals surface area contributed by atoms with Crippen molar-refractivity contribution in [2.45, 2.75) is 91.6 Å². The Morgan fingerprint density at radius 3 is 2.29 bits per heavy atom. The molecule has 1 aromatic rings. The molecule has 2 rings (SSSR count). The Balaban J connectivity index is 2.00. The van der Waals surface area contributed by atoms with Crippen molar-refractivity contribution in [1.82, 2.24) is 15.5 Å². The number of carbonyl (C=O) groups is 4. The molecule has 0 radical (unpaired) electrons. The molecule has 1 aliphatic rings. The fraction of sp³-hybridized carbons (Fsp3) is 0.615. The lowest BCUT2D eigenvalue weighted by Gasteiger charge is -2.30. The molecule has 3 atom stereocenters. The van der Waals surface area contributed by atoms with Gasteiger partial charge in [0.15, 0.2) is 0 Å². The highest BCUT2D eigenvalue weighted by atomic mass is 16.5. The smallest absolute Gasteiger partial charge is 0.305 e. The molecule has 0 aliphatic carbocycles. The molecule has 9 nitrogen and oxygen atoms in total. The first kappa shape index (κ1) is 28.3. The molecule has 1 aromatic carbocycles. The minimum absolute atomic E-state index is 0.105. The zero-order chi connectivity index (χ0) is 26.1. The van der Waals surface area contributed by atoms with Crippen LogP contribution in [0.5, 0.6) is 0 Å². The van der Waals surface area contributed by atoms with E-state index in [1.165, 1.54) is 0 Å². The van der Waals surface area contributed by atoms with E-state index >= 15 is 0 Å². The third-order valence-electron chi connectivity index (χ3n) is 5.95. The number of nitrogens with zero attached hydrogens (tertiary/aromatic N) is 1. The van der Waals surface area contributed by atoms with Gasteiger partial charge in [0.2, 0.25) is 17.7 Å². The standard InChI is InChI=1S/C26H40N4O5/c1-7-22(31)35-15-19-10-12-20(13-11-19)28-25(33)23(16(2)3)29-24(32)21-9-8-14-30(21)26(34)18(6)27-17(4)5/h10-13,16-18,21,23,27H,7-9,14-15H2,1-6H3,(H,28,33)(H,29,32)/t18-,21+,23+/m1/s1. The number of amides is 3. The quantitative estimate of drug-likeness (QED) is 0.412. The lowest BCUT2D eigenvalue weighted by Crippen LogP contribution is -2.56. The molecule has 1 heterocycles. The van der Waals surface area contributed by atoms with Crippen LogP contribution in [0.2, 0.25) is 0 Å². The highest BCUT2D eigenvalue weighted by Gasteiger charge is 2.37. The van der Waals surface area contributed by atoms with E-state index in [9.17, 15) is 19.2 Å². The number of anilines is 1. The number of nitrogens with one attached hydrogen (secondary N) is 3. The molecule has 194 valence electrons. The van der Waals surface area contributed by atoms with Crippen LogP contribution in [0.4, 0.5) is 5.69 Å². The average Bonchev–Trinajstić information content (AvgIpc) is 3.30. The number of esters is 1. The Kier molecular flexibility index (Phi) is 10.7. The van der Waals surface area contributed by atoms with E-state index in [2.05, 4.69) is 16.0 Å². The summed E-state index contributed by atoms with van der Waals surface area (Å²) in [5.41, 5.74) is 1.39. The molecule has 0 spiro atoms. The van der Waals surface area contributed by atoms with Crippen LogP contribution in [0.1, 0.15) is 66.4 Å². The van der Waals surface area contributed by atoms with Crippen molar-refractivity contribution in [3.63, 3.8) is 0 Å². The predicted molar refractivity (Wildman–Crippen MR) is 134 cm³/mol. The van der Waals surface area contributed by atoms with Gasteiger partial charge in [0.25, 0.3) is 0 Å². The van der Waals surface area contributed by atoms with Gasteiger partial charge in [-0.2, -0.15) is 0 Å². The van der Waals surface area contributed by atoms with Gasteiger partial charge in [-0.3, -0.25) is 19.2 Å². The molecule has 1 fully saturated rings. The molecule has 0 bridgehead atoms. The molecule has 3 amide bonds. The lowest BCUT2D eigenvalue weighted by atomic mass is 10.0. The Bertz CT molecular complexity index is 884. The van der Waals surface area contributed by atoms with Gasteiger partial charge < -0.3 is 25.6 Å². The van der Waals surface area contributed by atoms with Gasteiger partial charge in [0, 0.05) is 24.7 Å². The van der Waals surface area contributed by atoms with E-state index in [4.69, 9.17) is 4.74 Å². The summed E-state index contributed by atoms with van der Waals surface area (Å²) in [6, 6.07) is 5.43. The van der Waals surface area contributed by atoms with Crippen molar-refractivity contribution < 1.29 is 23.9 Å². The van der Waals surface area contributed by atoms with Gasteiger partial charge in [-0.05, 0) is 43.4 Å². The molecule has 9 heteroatoms. The van der Waals surface area contributed by atoms with E-state index < -0.39 is 12.1 Å². The SMILES string of the molecule is CCC(=O)OCc1ccc(NC(=O)[C@@H](NC(=O)[C@@H]2CCCN2C(=O)[C@@H](C)NC(C)C)C(C)C)cc1. The van der Waals surface area contributed by atoms with E-state index in [1.807, 2.05) is 27.7 Å². The Hall–Kier alpha value is -2.94. The Morgan fingerprint density at radius 1 is 1.06 bits per heavy atom. The van der Waals surface area contributed by atoms with Crippen molar-refractivity contribution in [3.05, 3.63) is 29.8 Å². The van der Waals surface area contributed by atoms with Gasteiger partial charge >= 0.3 is 5.97 Å². The Labute approximate surface area is 208 Å². The first-order valence-electron chi connectivity index (χ1n) is 12.5. The first-order valence-corrected chi connectivity index (χ1v) is 12.5. The van der Waals surface area contributed by atoms with E-state index in [0.717, 1.165) is 12.0 Å². The van der Waals surface area contributed by atoms with E-state index in [-0.39, 0.29) is 48.3 Å². The number of ether oxygens (including phenoxy) is 1. The largest absolute Gasteiger partial charge is 0.461 e. The van der Waals surface area contributed by atoms with Crippen LogP contribution in [-0.2, 0) is 30.5 Å². The Morgan fingerprint density at radius 2 is 1.71 bits per heavy atom. The summed E-state index contributed by atoms with van der Waals surface area (Å²) in [4.78, 5) is 52.0. The molecular weight excluding hydrogens is 448 g/mol. The van der Waals surface area contributed by atoms with Crippen LogP contribution in [0.25, 0.3) is 0 Å². The molecule has 0 unspecified atom stereocenters.